The van der Waals surface area contributed by atoms with Gasteiger partial charge in [0.15, 0.2) is 11.5 Å². The fourth-order valence-electron chi connectivity index (χ4n) is 2.34. The Morgan fingerprint density at radius 2 is 2.00 bits per heavy atom. The van der Waals surface area contributed by atoms with Crippen LogP contribution >= 0.6 is 0 Å². The summed E-state index contributed by atoms with van der Waals surface area (Å²) in [6, 6.07) is 3.56. The summed E-state index contributed by atoms with van der Waals surface area (Å²) in [5.74, 6) is 1.26. The highest BCUT2D eigenvalue weighted by Gasteiger charge is 2.45. The van der Waals surface area contributed by atoms with Crippen molar-refractivity contribution < 1.29 is 13.9 Å². The summed E-state index contributed by atoms with van der Waals surface area (Å²) in [5.41, 5.74) is 7.39. The molecule has 4 heteroatoms. The first-order valence-corrected chi connectivity index (χ1v) is 6.18. The van der Waals surface area contributed by atoms with Gasteiger partial charge < -0.3 is 15.2 Å². The van der Waals surface area contributed by atoms with E-state index in [-0.39, 0.29) is 5.41 Å². The van der Waals surface area contributed by atoms with E-state index in [1.807, 2.05) is 6.07 Å². The number of rotatable bonds is 5. The molecule has 2 rings (SSSR count). The summed E-state index contributed by atoms with van der Waals surface area (Å²) in [5, 5.41) is 0. The number of halogens is 1. The Balaban J connectivity index is 2.57. The van der Waals surface area contributed by atoms with Crippen molar-refractivity contribution in [2.75, 3.05) is 20.8 Å². The van der Waals surface area contributed by atoms with Crippen LogP contribution in [-0.2, 0) is 5.41 Å². The number of methoxy groups -OCH3 is 2. The minimum atomic E-state index is -1.03. The van der Waals surface area contributed by atoms with Crippen LogP contribution in [0.15, 0.2) is 12.1 Å². The van der Waals surface area contributed by atoms with Crippen molar-refractivity contribution in [3.63, 3.8) is 0 Å². The number of benzene rings is 1. The van der Waals surface area contributed by atoms with Crippen LogP contribution in [-0.4, -0.2) is 20.8 Å². The monoisotopic (exact) mass is 253 g/mol. The third-order valence-corrected chi connectivity index (χ3v) is 3.78. The Morgan fingerprint density at radius 3 is 2.39 bits per heavy atom. The van der Waals surface area contributed by atoms with Gasteiger partial charge in [0.1, 0.15) is 6.17 Å². The highest BCUT2D eigenvalue weighted by molar-refractivity contribution is 5.55. The standard InChI is InChI=1S/C14H20FNO2/c1-9(15)10-6-11(14(8-16)4-5-14)13(18-3)12(7-10)17-2/h6-7,9H,4-5,8,16H2,1-3H3. The van der Waals surface area contributed by atoms with Crippen molar-refractivity contribution in [3.05, 3.63) is 23.3 Å². The zero-order valence-corrected chi connectivity index (χ0v) is 11.1. The molecule has 0 spiro atoms. The third kappa shape index (κ3) is 2.05. The lowest BCUT2D eigenvalue weighted by Crippen LogP contribution is -2.21. The van der Waals surface area contributed by atoms with Crippen LogP contribution in [0.3, 0.4) is 0 Å². The molecule has 100 valence electrons. The van der Waals surface area contributed by atoms with Gasteiger partial charge in [-0.3, -0.25) is 0 Å². The average Bonchev–Trinajstić information content (AvgIpc) is 3.17. The second kappa shape index (κ2) is 4.76. The molecule has 0 aromatic heterocycles. The van der Waals surface area contributed by atoms with Gasteiger partial charge in [-0.05, 0) is 37.5 Å². The van der Waals surface area contributed by atoms with Gasteiger partial charge in [-0.1, -0.05) is 0 Å². The van der Waals surface area contributed by atoms with Gasteiger partial charge >= 0.3 is 0 Å². The largest absolute Gasteiger partial charge is 0.493 e. The Kier molecular flexibility index (Phi) is 3.48. The number of hydrogen-bond acceptors (Lipinski definition) is 3. The molecule has 18 heavy (non-hydrogen) atoms. The van der Waals surface area contributed by atoms with Crippen molar-refractivity contribution in [2.45, 2.75) is 31.4 Å². The predicted molar refractivity (Wildman–Crippen MR) is 69.0 cm³/mol. The second-order valence-electron chi connectivity index (χ2n) is 4.90. The smallest absolute Gasteiger partial charge is 0.164 e. The maximum Gasteiger partial charge on any atom is 0.164 e. The van der Waals surface area contributed by atoms with E-state index in [2.05, 4.69) is 0 Å². The van der Waals surface area contributed by atoms with E-state index in [9.17, 15) is 4.39 Å². The number of nitrogens with two attached hydrogens (primary N) is 1. The van der Waals surface area contributed by atoms with Gasteiger partial charge in [0, 0.05) is 17.5 Å². The Labute approximate surface area is 107 Å². The van der Waals surface area contributed by atoms with Gasteiger partial charge in [-0.15, -0.1) is 0 Å². The van der Waals surface area contributed by atoms with E-state index in [1.165, 1.54) is 6.92 Å². The first-order valence-electron chi connectivity index (χ1n) is 6.18. The SMILES string of the molecule is COc1cc(C(C)F)cc(C2(CN)CC2)c1OC. The third-order valence-electron chi connectivity index (χ3n) is 3.78. The van der Waals surface area contributed by atoms with Crippen molar-refractivity contribution in [2.24, 2.45) is 5.73 Å². The lowest BCUT2D eigenvalue weighted by Gasteiger charge is -2.21. The quantitative estimate of drug-likeness (QED) is 0.877. The molecule has 0 amide bonds. The minimum Gasteiger partial charge on any atom is -0.493 e. The second-order valence-corrected chi connectivity index (χ2v) is 4.90. The summed E-state index contributed by atoms with van der Waals surface area (Å²) >= 11 is 0. The van der Waals surface area contributed by atoms with Crippen LogP contribution in [0.2, 0.25) is 0 Å². The van der Waals surface area contributed by atoms with Gasteiger partial charge in [0.2, 0.25) is 0 Å². The first kappa shape index (κ1) is 13.1. The molecular formula is C14H20FNO2. The van der Waals surface area contributed by atoms with Crippen LogP contribution in [0.25, 0.3) is 0 Å². The van der Waals surface area contributed by atoms with E-state index >= 15 is 0 Å². The fraction of sp³-hybridized carbons (Fsp3) is 0.571. The van der Waals surface area contributed by atoms with E-state index < -0.39 is 6.17 Å². The molecule has 1 atom stereocenters. The fourth-order valence-corrected chi connectivity index (χ4v) is 2.34. The maximum absolute atomic E-state index is 13.6. The molecule has 0 aliphatic heterocycles. The molecule has 1 aromatic carbocycles. The molecule has 1 aliphatic carbocycles. The van der Waals surface area contributed by atoms with E-state index in [4.69, 9.17) is 15.2 Å². The minimum absolute atomic E-state index is 0.0521. The number of alkyl halides is 1. The van der Waals surface area contributed by atoms with E-state index in [0.29, 0.717) is 23.6 Å². The summed E-state index contributed by atoms with van der Waals surface area (Å²) in [6.45, 7) is 2.07. The van der Waals surface area contributed by atoms with Crippen molar-refractivity contribution >= 4 is 0 Å². The van der Waals surface area contributed by atoms with Gasteiger partial charge in [-0.25, -0.2) is 4.39 Å². The molecule has 0 heterocycles. The topological polar surface area (TPSA) is 44.5 Å². The zero-order valence-electron chi connectivity index (χ0n) is 11.1. The molecule has 1 saturated carbocycles. The maximum atomic E-state index is 13.6. The summed E-state index contributed by atoms with van der Waals surface area (Å²) in [6.07, 6.45) is 1.01. The van der Waals surface area contributed by atoms with Gasteiger partial charge in [0.25, 0.3) is 0 Å². The summed E-state index contributed by atoms with van der Waals surface area (Å²) < 4.78 is 24.3. The van der Waals surface area contributed by atoms with Crippen LogP contribution in [0.1, 0.15) is 37.1 Å². The molecule has 1 fully saturated rings. The first-order chi connectivity index (χ1) is 8.57. The van der Waals surface area contributed by atoms with Crippen molar-refractivity contribution in [3.8, 4) is 11.5 Å². The molecule has 0 radical (unpaired) electrons. The predicted octanol–water partition coefficient (Wildman–Crippen LogP) is 2.72. The number of hydrogen-bond donors (Lipinski definition) is 1. The molecule has 1 unspecified atom stereocenters. The average molecular weight is 253 g/mol. The van der Waals surface area contributed by atoms with Crippen LogP contribution in [0.4, 0.5) is 4.39 Å². The molecule has 0 bridgehead atoms. The molecule has 0 saturated heterocycles. The van der Waals surface area contributed by atoms with E-state index in [0.717, 1.165) is 18.4 Å². The summed E-state index contributed by atoms with van der Waals surface area (Å²) in [4.78, 5) is 0. The summed E-state index contributed by atoms with van der Waals surface area (Å²) in [7, 11) is 3.17. The van der Waals surface area contributed by atoms with Crippen molar-refractivity contribution in [1.82, 2.24) is 0 Å². The molecule has 3 nitrogen and oxygen atoms in total. The molecular weight excluding hydrogens is 233 g/mol. The highest BCUT2D eigenvalue weighted by Crippen LogP contribution is 2.53. The van der Waals surface area contributed by atoms with Gasteiger partial charge in [0.05, 0.1) is 14.2 Å². The zero-order chi connectivity index (χ0) is 13.3. The van der Waals surface area contributed by atoms with Crippen LogP contribution < -0.4 is 15.2 Å². The molecule has 1 aromatic rings. The Hall–Kier alpha value is -1.29. The number of ether oxygens (including phenoxy) is 2. The Morgan fingerprint density at radius 1 is 1.33 bits per heavy atom. The lowest BCUT2D eigenvalue weighted by atomic mass is 9.92. The lowest BCUT2D eigenvalue weighted by molar-refractivity contribution is 0.341. The molecule has 2 N–H and O–H groups in total. The normalized spacial score (nSPS) is 18.3. The van der Waals surface area contributed by atoms with Crippen LogP contribution in [0, 0.1) is 0 Å². The molecule has 1 aliphatic rings. The highest BCUT2D eigenvalue weighted by atomic mass is 19.1. The van der Waals surface area contributed by atoms with Gasteiger partial charge in [-0.2, -0.15) is 0 Å². The van der Waals surface area contributed by atoms with E-state index in [1.54, 1.807) is 20.3 Å². The van der Waals surface area contributed by atoms with Crippen LogP contribution in [0.5, 0.6) is 11.5 Å². The van der Waals surface area contributed by atoms with Crippen molar-refractivity contribution in [1.29, 1.82) is 0 Å². The Bertz CT molecular complexity index is 442.